The molecule has 1 aromatic carbocycles. The minimum absolute atomic E-state index is 0.0160. The van der Waals surface area contributed by atoms with Gasteiger partial charge in [0.15, 0.2) is 0 Å². The molecule has 6 heteroatoms. The molecule has 5 nitrogen and oxygen atoms in total. The van der Waals surface area contributed by atoms with Crippen LogP contribution in [-0.2, 0) is 0 Å². The summed E-state index contributed by atoms with van der Waals surface area (Å²) >= 11 is 1.45. The first kappa shape index (κ1) is 17.9. The van der Waals surface area contributed by atoms with Crippen molar-refractivity contribution in [3.63, 3.8) is 0 Å². The predicted molar refractivity (Wildman–Crippen MR) is 101 cm³/mol. The highest BCUT2D eigenvalue weighted by molar-refractivity contribution is 7.17. The lowest BCUT2D eigenvalue weighted by atomic mass is 10.00. The van der Waals surface area contributed by atoms with Crippen LogP contribution in [0.1, 0.15) is 35.1 Å². The van der Waals surface area contributed by atoms with Crippen LogP contribution in [0.25, 0.3) is 10.6 Å². The number of nitrogens with zero attached hydrogens (tertiary/aromatic N) is 1. The number of ether oxygens (including phenoxy) is 1. The van der Waals surface area contributed by atoms with Gasteiger partial charge in [-0.15, -0.1) is 11.3 Å². The molecule has 1 aromatic heterocycles. The molecule has 1 aliphatic rings. The third-order valence-corrected chi connectivity index (χ3v) is 5.57. The van der Waals surface area contributed by atoms with E-state index in [4.69, 9.17) is 4.74 Å². The lowest BCUT2D eigenvalue weighted by Gasteiger charge is -2.22. The fraction of sp³-hybridized carbons (Fsp3) is 0.474. The number of nitrogens with one attached hydrogen (secondary N) is 2. The largest absolute Gasteiger partial charge is 0.494 e. The number of rotatable bonds is 6. The highest BCUT2D eigenvalue weighted by Gasteiger charge is 2.18. The van der Waals surface area contributed by atoms with E-state index in [9.17, 15) is 4.79 Å². The summed E-state index contributed by atoms with van der Waals surface area (Å²) in [6.45, 7) is 7.30. The van der Waals surface area contributed by atoms with Crippen molar-refractivity contribution in [2.75, 3.05) is 26.2 Å². The van der Waals surface area contributed by atoms with Gasteiger partial charge in [0, 0.05) is 12.1 Å². The van der Waals surface area contributed by atoms with Crippen LogP contribution in [0.3, 0.4) is 0 Å². The number of piperidine rings is 1. The minimum Gasteiger partial charge on any atom is -0.494 e. The summed E-state index contributed by atoms with van der Waals surface area (Å²) in [6, 6.07) is 7.84. The number of aryl methyl sites for hydroxylation is 1. The van der Waals surface area contributed by atoms with Crippen LogP contribution in [0, 0.1) is 12.8 Å². The second-order valence-electron chi connectivity index (χ2n) is 6.31. The van der Waals surface area contributed by atoms with Crippen molar-refractivity contribution in [2.24, 2.45) is 5.92 Å². The molecule has 1 atom stereocenters. The molecule has 0 saturated carbocycles. The Balaban J connectivity index is 1.65. The van der Waals surface area contributed by atoms with Crippen molar-refractivity contribution in [3.8, 4) is 16.3 Å². The first-order valence-electron chi connectivity index (χ1n) is 8.87. The van der Waals surface area contributed by atoms with E-state index in [0.717, 1.165) is 41.6 Å². The number of carbonyl (C=O) groups is 1. The monoisotopic (exact) mass is 359 g/mol. The number of hydrogen-bond donors (Lipinski definition) is 2. The van der Waals surface area contributed by atoms with Crippen LogP contribution < -0.4 is 15.4 Å². The summed E-state index contributed by atoms with van der Waals surface area (Å²) in [4.78, 5) is 17.8. The third kappa shape index (κ3) is 4.58. The quantitative estimate of drug-likeness (QED) is 0.831. The number of aromatic nitrogens is 1. The van der Waals surface area contributed by atoms with Crippen molar-refractivity contribution in [3.05, 3.63) is 34.8 Å². The summed E-state index contributed by atoms with van der Waals surface area (Å²) in [6.07, 6.45) is 2.36. The molecule has 2 heterocycles. The van der Waals surface area contributed by atoms with Crippen LogP contribution in [0.2, 0.25) is 0 Å². The maximum absolute atomic E-state index is 12.5. The zero-order valence-corrected chi connectivity index (χ0v) is 15.6. The van der Waals surface area contributed by atoms with Gasteiger partial charge in [-0.25, -0.2) is 4.98 Å². The smallest absolute Gasteiger partial charge is 0.263 e. The second kappa shape index (κ2) is 8.45. The van der Waals surface area contributed by atoms with Crippen molar-refractivity contribution < 1.29 is 9.53 Å². The standard InChI is InChI=1S/C19H25N3O2S/c1-3-24-16-8-6-15(7-9-16)19-22-13(2)17(25-19)18(23)21-12-14-5-4-10-20-11-14/h6-9,14,20H,3-5,10-12H2,1-2H3,(H,21,23). The number of hydrogen-bond acceptors (Lipinski definition) is 5. The van der Waals surface area contributed by atoms with Gasteiger partial charge in [0.2, 0.25) is 0 Å². The molecule has 0 spiro atoms. The first-order chi connectivity index (χ1) is 12.2. The van der Waals surface area contributed by atoms with Gasteiger partial charge in [-0.3, -0.25) is 4.79 Å². The van der Waals surface area contributed by atoms with E-state index in [0.29, 0.717) is 17.4 Å². The molecule has 25 heavy (non-hydrogen) atoms. The van der Waals surface area contributed by atoms with E-state index < -0.39 is 0 Å². The number of benzene rings is 1. The van der Waals surface area contributed by atoms with Crippen LogP contribution in [-0.4, -0.2) is 37.1 Å². The third-order valence-electron chi connectivity index (χ3n) is 4.37. The Morgan fingerprint density at radius 2 is 2.20 bits per heavy atom. The summed E-state index contributed by atoms with van der Waals surface area (Å²) in [5.41, 5.74) is 1.79. The maximum atomic E-state index is 12.5. The van der Waals surface area contributed by atoms with Crippen LogP contribution >= 0.6 is 11.3 Å². The molecule has 0 radical (unpaired) electrons. The van der Waals surface area contributed by atoms with Gasteiger partial charge in [-0.05, 0) is 70.0 Å². The van der Waals surface area contributed by atoms with Crippen molar-refractivity contribution in [2.45, 2.75) is 26.7 Å². The molecule has 2 N–H and O–H groups in total. The van der Waals surface area contributed by atoms with Crippen molar-refractivity contribution in [1.82, 2.24) is 15.6 Å². The molecule has 0 bridgehead atoms. The molecular formula is C19H25N3O2S. The molecule has 0 aliphatic carbocycles. The van der Waals surface area contributed by atoms with E-state index in [2.05, 4.69) is 15.6 Å². The first-order valence-corrected chi connectivity index (χ1v) is 9.68. The predicted octanol–water partition coefficient (Wildman–Crippen LogP) is 3.25. The normalized spacial score (nSPS) is 17.3. The number of carbonyl (C=O) groups excluding carboxylic acids is 1. The van der Waals surface area contributed by atoms with Gasteiger partial charge in [-0.2, -0.15) is 0 Å². The fourth-order valence-electron chi connectivity index (χ4n) is 3.01. The summed E-state index contributed by atoms with van der Waals surface area (Å²) in [5.74, 6) is 1.35. The zero-order valence-electron chi connectivity index (χ0n) is 14.8. The Kier molecular flexibility index (Phi) is 6.04. The second-order valence-corrected chi connectivity index (χ2v) is 7.31. The van der Waals surface area contributed by atoms with E-state index in [-0.39, 0.29) is 5.91 Å². The average Bonchev–Trinajstić information content (AvgIpc) is 3.03. The maximum Gasteiger partial charge on any atom is 0.263 e. The van der Waals surface area contributed by atoms with Crippen molar-refractivity contribution in [1.29, 1.82) is 0 Å². The summed E-state index contributed by atoms with van der Waals surface area (Å²) in [5, 5.41) is 7.31. The van der Waals surface area contributed by atoms with Crippen LogP contribution in [0.15, 0.2) is 24.3 Å². The summed E-state index contributed by atoms with van der Waals surface area (Å²) < 4.78 is 5.47. The van der Waals surface area contributed by atoms with E-state index in [1.807, 2.05) is 38.1 Å². The molecule has 134 valence electrons. The van der Waals surface area contributed by atoms with Gasteiger partial charge in [0.05, 0.1) is 12.3 Å². The van der Waals surface area contributed by atoms with Crippen molar-refractivity contribution >= 4 is 17.2 Å². The Bertz CT molecular complexity index is 706. The molecule has 3 rings (SSSR count). The molecular weight excluding hydrogens is 334 g/mol. The van der Waals surface area contributed by atoms with Gasteiger partial charge < -0.3 is 15.4 Å². The average molecular weight is 359 g/mol. The minimum atomic E-state index is -0.0160. The van der Waals surface area contributed by atoms with E-state index in [1.165, 1.54) is 24.2 Å². The zero-order chi connectivity index (χ0) is 17.6. The highest BCUT2D eigenvalue weighted by Crippen LogP contribution is 2.29. The van der Waals surface area contributed by atoms with E-state index >= 15 is 0 Å². The topological polar surface area (TPSA) is 63.2 Å². The molecule has 1 amide bonds. The summed E-state index contributed by atoms with van der Waals surface area (Å²) in [7, 11) is 0. The van der Waals surface area contributed by atoms with Gasteiger partial charge in [0.25, 0.3) is 5.91 Å². The molecule has 1 aliphatic heterocycles. The Morgan fingerprint density at radius 1 is 1.40 bits per heavy atom. The Hall–Kier alpha value is -1.92. The molecule has 1 unspecified atom stereocenters. The fourth-order valence-corrected chi connectivity index (χ4v) is 3.99. The van der Waals surface area contributed by atoms with Gasteiger partial charge in [-0.1, -0.05) is 0 Å². The Morgan fingerprint density at radius 3 is 2.88 bits per heavy atom. The van der Waals surface area contributed by atoms with Crippen LogP contribution in [0.5, 0.6) is 5.75 Å². The molecule has 1 saturated heterocycles. The number of amides is 1. The van der Waals surface area contributed by atoms with Crippen LogP contribution in [0.4, 0.5) is 0 Å². The van der Waals surface area contributed by atoms with Gasteiger partial charge in [0.1, 0.15) is 15.6 Å². The Labute approximate surface area is 152 Å². The van der Waals surface area contributed by atoms with Gasteiger partial charge >= 0.3 is 0 Å². The van der Waals surface area contributed by atoms with E-state index in [1.54, 1.807) is 0 Å². The highest BCUT2D eigenvalue weighted by atomic mass is 32.1. The number of thiazole rings is 1. The lowest BCUT2D eigenvalue weighted by Crippen LogP contribution is -2.38. The lowest BCUT2D eigenvalue weighted by molar-refractivity contribution is 0.0948. The molecule has 2 aromatic rings. The molecule has 1 fully saturated rings. The SMILES string of the molecule is CCOc1ccc(-c2nc(C)c(C(=O)NCC3CCCNC3)s2)cc1.